The minimum absolute atomic E-state index is 0.120. The molecule has 0 amide bonds. The van der Waals surface area contributed by atoms with Crippen molar-refractivity contribution in [1.29, 1.82) is 0 Å². The number of hydrogen-bond acceptors (Lipinski definition) is 7. The summed E-state index contributed by atoms with van der Waals surface area (Å²) in [5.41, 5.74) is 1.81. The highest BCUT2D eigenvalue weighted by Crippen LogP contribution is 2.37. The minimum atomic E-state index is -4.88. The number of H-pyrrole nitrogens is 1. The predicted molar refractivity (Wildman–Crippen MR) is 173 cm³/mol. The molecular weight excluding hydrogens is 620 g/mol. The quantitative estimate of drug-likeness (QED) is 0.125. The SMILES string of the molecule is Fc1cccc(NC(=S)Nc2ccc(-c3[nH]nc4nc(N(CCN5CCOCC5)Cc5ccccc5)ncc34)cc2)c1C(F)(F)F. The molecule has 1 saturated heterocycles. The normalized spacial score (nSPS) is 13.9. The van der Waals surface area contributed by atoms with Gasteiger partial charge in [0.2, 0.25) is 5.95 Å². The molecule has 0 spiro atoms. The van der Waals surface area contributed by atoms with Gasteiger partial charge in [-0.05, 0) is 42.0 Å². The summed E-state index contributed by atoms with van der Waals surface area (Å²) in [6.45, 7) is 5.49. The number of benzene rings is 3. The molecule has 5 aromatic rings. The van der Waals surface area contributed by atoms with Crippen molar-refractivity contribution in [3.8, 4) is 11.3 Å². The fourth-order valence-corrected chi connectivity index (χ4v) is 5.46. The smallest absolute Gasteiger partial charge is 0.379 e. The molecular formula is C32H30F4N8OS. The Morgan fingerprint density at radius 1 is 0.978 bits per heavy atom. The Labute approximate surface area is 267 Å². The first-order chi connectivity index (χ1) is 22.2. The van der Waals surface area contributed by atoms with Gasteiger partial charge in [0, 0.05) is 50.2 Å². The molecule has 0 saturated carbocycles. The largest absolute Gasteiger partial charge is 0.421 e. The van der Waals surface area contributed by atoms with E-state index in [0.717, 1.165) is 68.0 Å². The number of halogens is 4. The van der Waals surface area contributed by atoms with Crippen LogP contribution in [0, 0.1) is 5.82 Å². The summed E-state index contributed by atoms with van der Waals surface area (Å²) < 4.78 is 59.5. The van der Waals surface area contributed by atoms with E-state index in [1.54, 1.807) is 30.5 Å². The van der Waals surface area contributed by atoms with Gasteiger partial charge < -0.3 is 20.3 Å². The monoisotopic (exact) mass is 650 g/mol. The van der Waals surface area contributed by atoms with Gasteiger partial charge in [-0.1, -0.05) is 48.5 Å². The number of hydrogen-bond donors (Lipinski definition) is 3. The van der Waals surface area contributed by atoms with Gasteiger partial charge in [0.1, 0.15) is 11.4 Å². The summed E-state index contributed by atoms with van der Waals surface area (Å²) in [7, 11) is 0. The molecule has 14 heteroatoms. The van der Waals surface area contributed by atoms with Crippen molar-refractivity contribution in [2.75, 3.05) is 54.9 Å². The fourth-order valence-electron chi connectivity index (χ4n) is 5.23. The molecule has 9 nitrogen and oxygen atoms in total. The van der Waals surface area contributed by atoms with Gasteiger partial charge >= 0.3 is 6.18 Å². The molecule has 3 N–H and O–H groups in total. The zero-order chi connectivity index (χ0) is 32.1. The lowest BCUT2D eigenvalue weighted by atomic mass is 10.1. The molecule has 46 heavy (non-hydrogen) atoms. The van der Waals surface area contributed by atoms with E-state index in [-0.39, 0.29) is 5.11 Å². The average molecular weight is 651 g/mol. The molecule has 0 radical (unpaired) electrons. The lowest BCUT2D eigenvalue weighted by Gasteiger charge is -2.30. The van der Waals surface area contributed by atoms with Crippen molar-refractivity contribution in [3.05, 3.63) is 95.9 Å². The van der Waals surface area contributed by atoms with Gasteiger partial charge in [0.25, 0.3) is 0 Å². The fraction of sp³-hybridized carbons (Fsp3) is 0.250. The lowest BCUT2D eigenvalue weighted by Crippen LogP contribution is -2.41. The third-order valence-corrected chi connectivity index (χ3v) is 7.77. The number of nitrogens with one attached hydrogen (secondary N) is 3. The summed E-state index contributed by atoms with van der Waals surface area (Å²) in [6, 6.07) is 20.3. The van der Waals surface area contributed by atoms with Gasteiger partial charge in [-0.15, -0.1) is 0 Å². The lowest BCUT2D eigenvalue weighted by molar-refractivity contribution is -0.139. The van der Waals surface area contributed by atoms with E-state index in [1.165, 1.54) is 6.07 Å². The predicted octanol–water partition coefficient (Wildman–Crippen LogP) is 6.33. The number of aromatic amines is 1. The number of aromatic nitrogens is 4. The molecule has 6 rings (SSSR count). The summed E-state index contributed by atoms with van der Waals surface area (Å²) in [5, 5.41) is 13.4. The Kier molecular flexibility index (Phi) is 9.38. The number of thiocarbonyl (C=S) groups is 1. The van der Waals surface area contributed by atoms with E-state index in [1.807, 2.05) is 18.2 Å². The van der Waals surface area contributed by atoms with Crippen LogP contribution in [0.4, 0.5) is 34.9 Å². The highest BCUT2D eigenvalue weighted by atomic mass is 32.1. The summed E-state index contributed by atoms with van der Waals surface area (Å²) in [4.78, 5) is 14.0. The van der Waals surface area contributed by atoms with Crippen LogP contribution < -0.4 is 15.5 Å². The first-order valence-corrected chi connectivity index (χ1v) is 15.0. The number of anilines is 3. The minimum Gasteiger partial charge on any atom is -0.379 e. The van der Waals surface area contributed by atoms with Crippen molar-refractivity contribution in [3.63, 3.8) is 0 Å². The average Bonchev–Trinajstić information content (AvgIpc) is 3.47. The van der Waals surface area contributed by atoms with E-state index in [0.29, 0.717) is 29.5 Å². The Bertz CT molecular complexity index is 1790. The molecule has 1 aliphatic heterocycles. The maximum absolute atomic E-state index is 13.9. The van der Waals surface area contributed by atoms with Crippen molar-refractivity contribution in [2.24, 2.45) is 0 Å². The highest BCUT2D eigenvalue weighted by Gasteiger charge is 2.37. The second kappa shape index (κ2) is 13.8. The Morgan fingerprint density at radius 2 is 1.74 bits per heavy atom. The van der Waals surface area contributed by atoms with Gasteiger partial charge in [-0.3, -0.25) is 10.00 Å². The van der Waals surface area contributed by atoms with Crippen LogP contribution in [0.5, 0.6) is 0 Å². The number of ether oxygens (including phenoxy) is 1. The summed E-state index contributed by atoms with van der Waals surface area (Å²) >= 11 is 5.19. The van der Waals surface area contributed by atoms with Crippen LogP contribution in [0.3, 0.4) is 0 Å². The van der Waals surface area contributed by atoms with Crippen LogP contribution in [-0.4, -0.2) is 69.6 Å². The summed E-state index contributed by atoms with van der Waals surface area (Å²) in [5.74, 6) is -0.806. The molecule has 0 atom stereocenters. The molecule has 0 bridgehead atoms. The van der Waals surface area contributed by atoms with Crippen molar-refractivity contribution in [1.82, 2.24) is 25.1 Å². The molecule has 2 aromatic heterocycles. The first-order valence-electron chi connectivity index (χ1n) is 14.6. The van der Waals surface area contributed by atoms with Crippen molar-refractivity contribution < 1.29 is 22.3 Å². The van der Waals surface area contributed by atoms with Crippen LogP contribution in [0.15, 0.2) is 79.0 Å². The topological polar surface area (TPSA) is 94.2 Å². The maximum atomic E-state index is 13.9. The first kappa shape index (κ1) is 31.3. The number of alkyl halides is 3. The van der Waals surface area contributed by atoms with E-state index < -0.39 is 23.2 Å². The van der Waals surface area contributed by atoms with Crippen LogP contribution in [0.2, 0.25) is 0 Å². The standard InChI is InChI=1S/C32H30F4N8OS/c33-25-7-4-8-26(27(25)32(34,35)36)39-31(46)38-23-11-9-22(10-12-23)28-24-19-37-30(40-29(24)42-41-28)44(20-21-5-2-1-3-6-21)14-13-43-15-17-45-18-16-43/h1-12,19H,13-18,20H2,(H2,38,39,46)(H,37,40,41,42). The van der Waals surface area contributed by atoms with Crippen LogP contribution in [-0.2, 0) is 17.5 Å². The van der Waals surface area contributed by atoms with E-state index >= 15 is 0 Å². The Hall–Kier alpha value is -4.66. The van der Waals surface area contributed by atoms with Gasteiger partial charge in [-0.2, -0.15) is 23.3 Å². The number of fused-ring (bicyclic) bond motifs is 1. The molecule has 0 aliphatic carbocycles. The molecule has 3 heterocycles. The number of morpholine rings is 1. The molecule has 1 aliphatic rings. The molecule has 238 valence electrons. The molecule has 1 fully saturated rings. The zero-order valence-electron chi connectivity index (χ0n) is 24.5. The van der Waals surface area contributed by atoms with Crippen molar-refractivity contribution in [2.45, 2.75) is 12.7 Å². The highest BCUT2D eigenvalue weighted by molar-refractivity contribution is 7.80. The third kappa shape index (κ3) is 7.41. The summed E-state index contributed by atoms with van der Waals surface area (Å²) in [6.07, 6.45) is -3.13. The maximum Gasteiger partial charge on any atom is 0.421 e. The van der Waals surface area contributed by atoms with Crippen LogP contribution in [0.1, 0.15) is 11.1 Å². The molecule has 3 aromatic carbocycles. The zero-order valence-corrected chi connectivity index (χ0v) is 25.3. The van der Waals surface area contributed by atoms with Crippen LogP contribution in [0.25, 0.3) is 22.3 Å². The Morgan fingerprint density at radius 3 is 2.48 bits per heavy atom. The third-order valence-electron chi connectivity index (χ3n) is 7.56. The van der Waals surface area contributed by atoms with Gasteiger partial charge in [0.05, 0.1) is 30.0 Å². The van der Waals surface area contributed by atoms with Gasteiger partial charge in [-0.25, -0.2) is 9.37 Å². The number of nitrogens with zero attached hydrogens (tertiary/aromatic N) is 5. The second-order valence-corrected chi connectivity index (χ2v) is 11.1. The van der Waals surface area contributed by atoms with E-state index in [4.69, 9.17) is 26.9 Å². The van der Waals surface area contributed by atoms with Crippen molar-refractivity contribution >= 4 is 45.7 Å². The van der Waals surface area contributed by atoms with E-state index in [9.17, 15) is 17.6 Å². The van der Waals surface area contributed by atoms with Crippen LogP contribution >= 0.6 is 12.2 Å². The van der Waals surface area contributed by atoms with Gasteiger partial charge in [0.15, 0.2) is 10.8 Å². The second-order valence-electron chi connectivity index (χ2n) is 10.7. The number of rotatable bonds is 9. The molecule has 0 unspecified atom stereocenters. The van der Waals surface area contributed by atoms with E-state index in [2.05, 4.69) is 42.8 Å². The Balaban J connectivity index is 1.16.